The van der Waals surface area contributed by atoms with Gasteiger partial charge >= 0.3 is 0 Å². The van der Waals surface area contributed by atoms with Gasteiger partial charge in [0.25, 0.3) is 11.1 Å². The van der Waals surface area contributed by atoms with Gasteiger partial charge in [0.1, 0.15) is 5.75 Å². The van der Waals surface area contributed by atoms with Gasteiger partial charge in [-0.05, 0) is 73.0 Å². The molecular formula is C22H22N2O3S. The van der Waals surface area contributed by atoms with Crippen LogP contribution in [0, 0.1) is 6.92 Å². The molecule has 2 aromatic carbocycles. The molecule has 0 aliphatic carbocycles. The summed E-state index contributed by atoms with van der Waals surface area (Å²) in [6.45, 7) is 4.23. The van der Waals surface area contributed by atoms with Crippen molar-refractivity contribution in [1.82, 2.24) is 0 Å². The molecule has 144 valence electrons. The predicted octanol–water partition coefficient (Wildman–Crippen LogP) is 4.84. The van der Waals surface area contributed by atoms with E-state index in [-0.39, 0.29) is 11.1 Å². The Labute approximate surface area is 169 Å². The van der Waals surface area contributed by atoms with Crippen LogP contribution in [-0.4, -0.2) is 31.3 Å². The Kier molecular flexibility index (Phi) is 5.13. The Morgan fingerprint density at radius 1 is 1.07 bits per heavy atom. The molecule has 2 aliphatic heterocycles. The quantitative estimate of drug-likeness (QED) is 0.694. The van der Waals surface area contributed by atoms with Crippen molar-refractivity contribution in [2.75, 3.05) is 30.0 Å². The zero-order valence-electron chi connectivity index (χ0n) is 16.0. The molecule has 2 heterocycles. The number of rotatable bonds is 4. The minimum absolute atomic E-state index is 0.313. The van der Waals surface area contributed by atoms with Crippen LogP contribution in [-0.2, 0) is 4.79 Å². The van der Waals surface area contributed by atoms with E-state index >= 15 is 0 Å². The van der Waals surface area contributed by atoms with Gasteiger partial charge in [0, 0.05) is 18.8 Å². The third-order valence-corrected chi connectivity index (χ3v) is 6.00. The fourth-order valence-electron chi connectivity index (χ4n) is 3.63. The summed E-state index contributed by atoms with van der Waals surface area (Å²) in [7, 11) is 1.53. The second-order valence-corrected chi connectivity index (χ2v) is 7.92. The third kappa shape index (κ3) is 3.40. The first-order valence-electron chi connectivity index (χ1n) is 9.35. The van der Waals surface area contributed by atoms with E-state index in [0.717, 1.165) is 36.0 Å². The summed E-state index contributed by atoms with van der Waals surface area (Å²) in [4.78, 5) is 29.4. The van der Waals surface area contributed by atoms with E-state index < -0.39 is 0 Å². The number of ether oxygens (including phenoxy) is 1. The number of hydrogen-bond acceptors (Lipinski definition) is 5. The van der Waals surface area contributed by atoms with Crippen LogP contribution < -0.4 is 14.5 Å². The molecule has 28 heavy (non-hydrogen) atoms. The smallest absolute Gasteiger partial charge is 0.298 e. The largest absolute Gasteiger partial charge is 0.495 e. The van der Waals surface area contributed by atoms with E-state index in [0.29, 0.717) is 16.3 Å². The van der Waals surface area contributed by atoms with Crippen LogP contribution in [0.25, 0.3) is 6.08 Å². The molecule has 0 bridgehead atoms. The number of thioether (sulfide) groups is 1. The summed E-state index contributed by atoms with van der Waals surface area (Å²) >= 11 is 0.961. The highest BCUT2D eigenvalue weighted by molar-refractivity contribution is 8.19. The minimum atomic E-state index is -0.317. The average molecular weight is 394 g/mol. The first-order valence-corrected chi connectivity index (χ1v) is 10.2. The highest BCUT2D eigenvalue weighted by Crippen LogP contribution is 2.39. The lowest BCUT2D eigenvalue weighted by Crippen LogP contribution is -2.28. The molecule has 0 atom stereocenters. The summed E-state index contributed by atoms with van der Waals surface area (Å²) in [5, 5.41) is -0.313. The van der Waals surface area contributed by atoms with Crippen LogP contribution in [0.5, 0.6) is 5.75 Å². The molecule has 0 saturated carbocycles. The lowest BCUT2D eigenvalue weighted by molar-refractivity contribution is -0.113. The number of carbonyl (C=O) groups excluding carboxylic acids is 2. The van der Waals surface area contributed by atoms with E-state index in [9.17, 15) is 9.59 Å². The van der Waals surface area contributed by atoms with Crippen molar-refractivity contribution < 1.29 is 14.3 Å². The molecule has 2 fully saturated rings. The van der Waals surface area contributed by atoms with Gasteiger partial charge in [-0.25, -0.2) is 4.90 Å². The third-order valence-electron chi connectivity index (χ3n) is 5.13. The molecule has 4 rings (SSSR count). The molecule has 0 N–H and O–H groups in total. The Bertz CT molecular complexity index is 964. The van der Waals surface area contributed by atoms with Gasteiger partial charge in [0.2, 0.25) is 0 Å². The lowest BCUT2D eigenvalue weighted by atomic mass is 10.1. The fourth-order valence-corrected chi connectivity index (χ4v) is 4.45. The Hall–Kier alpha value is -2.73. The van der Waals surface area contributed by atoms with Crippen LogP contribution in [0.1, 0.15) is 24.0 Å². The van der Waals surface area contributed by atoms with Crippen LogP contribution in [0.4, 0.5) is 16.2 Å². The highest BCUT2D eigenvalue weighted by atomic mass is 32.2. The normalized spacial score (nSPS) is 18.4. The number of para-hydroxylation sites is 2. The number of hydrogen-bond donors (Lipinski definition) is 0. The number of methoxy groups -OCH3 is 1. The molecule has 0 spiro atoms. The van der Waals surface area contributed by atoms with Crippen LogP contribution in [0.3, 0.4) is 0 Å². The van der Waals surface area contributed by atoms with E-state index in [1.165, 1.54) is 30.5 Å². The highest BCUT2D eigenvalue weighted by Gasteiger charge is 2.37. The van der Waals surface area contributed by atoms with Crippen molar-refractivity contribution in [2.24, 2.45) is 0 Å². The molecular weight excluding hydrogens is 372 g/mol. The van der Waals surface area contributed by atoms with Crippen molar-refractivity contribution >= 4 is 40.4 Å². The van der Waals surface area contributed by atoms with Crippen molar-refractivity contribution in [1.29, 1.82) is 0 Å². The number of benzene rings is 2. The Morgan fingerprint density at radius 3 is 2.54 bits per heavy atom. The number of anilines is 2. The summed E-state index contributed by atoms with van der Waals surface area (Å²) in [5.41, 5.74) is 3.73. The van der Waals surface area contributed by atoms with Gasteiger partial charge in [-0.2, -0.15) is 0 Å². The lowest BCUT2D eigenvalue weighted by Gasteiger charge is -2.18. The summed E-state index contributed by atoms with van der Waals surface area (Å²) in [6.07, 6.45) is 4.27. The van der Waals surface area contributed by atoms with Crippen LogP contribution >= 0.6 is 11.8 Å². The molecule has 2 saturated heterocycles. The average Bonchev–Trinajstić information content (AvgIpc) is 3.32. The predicted molar refractivity (Wildman–Crippen MR) is 114 cm³/mol. The summed E-state index contributed by atoms with van der Waals surface area (Å²) in [6, 6.07) is 13.3. The van der Waals surface area contributed by atoms with E-state index in [1.54, 1.807) is 18.2 Å². The van der Waals surface area contributed by atoms with Crippen molar-refractivity contribution in [2.45, 2.75) is 19.8 Å². The number of imide groups is 1. The van der Waals surface area contributed by atoms with Crippen molar-refractivity contribution in [3.63, 3.8) is 0 Å². The van der Waals surface area contributed by atoms with Gasteiger partial charge in [0.05, 0.1) is 17.7 Å². The standard InChI is InChI=1S/C22H22N2O3S/c1-15-13-17(23-11-5-6-12-23)10-9-16(15)14-20-21(25)24(22(26)28-20)18-7-3-4-8-19(18)27-2/h3-4,7-10,13-14H,5-6,11-12H2,1-2H3/b20-14-. The molecule has 2 aliphatic rings. The van der Waals surface area contributed by atoms with Crippen molar-refractivity contribution in [3.8, 4) is 5.75 Å². The molecule has 0 aromatic heterocycles. The van der Waals surface area contributed by atoms with Gasteiger partial charge in [-0.15, -0.1) is 0 Å². The van der Waals surface area contributed by atoms with Crippen molar-refractivity contribution in [3.05, 3.63) is 58.5 Å². The molecule has 5 nitrogen and oxygen atoms in total. The zero-order chi connectivity index (χ0) is 19.7. The summed E-state index contributed by atoms with van der Waals surface area (Å²) in [5.74, 6) is 0.180. The molecule has 2 aromatic rings. The van der Waals surface area contributed by atoms with E-state index in [4.69, 9.17) is 4.74 Å². The first-order chi connectivity index (χ1) is 13.6. The van der Waals surface area contributed by atoms with Crippen LogP contribution in [0.15, 0.2) is 47.4 Å². The molecule has 0 unspecified atom stereocenters. The number of amides is 2. The van der Waals surface area contributed by atoms with Gasteiger partial charge < -0.3 is 9.64 Å². The van der Waals surface area contributed by atoms with E-state index in [1.807, 2.05) is 25.1 Å². The minimum Gasteiger partial charge on any atom is -0.495 e. The summed E-state index contributed by atoms with van der Waals surface area (Å²) < 4.78 is 5.31. The second kappa shape index (κ2) is 7.72. The second-order valence-electron chi connectivity index (χ2n) is 6.92. The van der Waals surface area contributed by atoms with Gasteiger partial charge in [0.15, 0.2) is 0 Å². The molecule has 2 amide bonds. The number of carbonyl (C=O) groups is 2. The topological polar surface area (TPSA) is 49.9 Å². The molecule has 6 heteroatoms. The monoisotopic (exact) mass is 394 g/mol. The first kappa shape index (κ1) is 18.6. The van der Waals surface area contributed by atoms with Gasteiger partial charge in [-0.1, -0.05) is 18.2 Å². The Morgan fingerprint density at radius 2 is 1.82 bits per heavy atom. The maximum absolute atomic E-state index is 12.9. The number of aryl methyl sites for hydroxylation is 1. The maximum Gasteiger partial charge on any atom is 0.298 e. The zero-order valence-corrected chi connectivity index (χ0v) is 16.8. The molecule has 0 radical (unpaired) electrons. The maximum atomic E-state index is 12.9. The van der Waals surface area contributed by atoms with Gasteiger partial charge in [-0.3, -0.25) is 9.59 Å². The Balaban J connectivity index is 1.62. The van der Waals surface area contributed by atoms with Crippen LogP contribution in [0.2, 0.25) is 0 Å². The SMILES string of the molecule is COc1ccccc1N1C(=O)S/C(=C\c2ccc(N3CCCC3)cc2C)C1=O. The number of nitrogens with zero attached hydrogens (tertiary/aromatic N) is 2. The van der Waals surface area contributed by atoms with E-state index in [2.05, 4.69) is 17.0 Å². The fraction of sp³-hybridized carbons (Fsp3) is 0.273.